The zero-order valence-electron chi connectivity index (χ0n) is 12.5. The van der Waals surface area contributed by atoms with Gasteiger partial charge in [0, 0.05) is 6.54 Å². The third-order valence-electron chi connectivity index (χ3n) is 3.23. The lowest BCUT2D eigenvalue weighted by atomic mass is 9.95. The summed E-state index contributed by atoms with van der Waals surface area (Å²) in [6.07, 6.45) is 1.85. The lowest BCUT2D eigenvalue weighted by Crippen LogP contribution is -2.41. The van der Waals surface area contributed by atoms with Crippen molar-refractivity contribution in [3.05, 3.63) is 29.8 Å². The van der Waals surface area contributed by atoms with Crippen LogP contribution in [0.4, 0.5) is 0 Å². The summed E-state index contributed by atoms with van der Waals surface area (Å²) in [5.74, 6) is 0.598. The highest BCUT2D eigenvalue weighted by Crippen LogP contribution is 2.15. The van der Waals surface area contributed by atoms with Gasteiger partial charge < -0.3 is 15.5 Å². The molecule has 4 nitrogen and oxygen atoms in total. The van der Waals surface area contributed by atoms with Crippen LogP contribution in [0.25, 0.3) is 0 Å². The average Bonchev–Trinajstić information content (AvgIpc) is 2.37. The summed E-state index contributed by atoms with van der Waals surface area (Å²) in [4.78, 5) is 11.8. The molecular weight excluding hydrogens is 254 g/mol. The normalized spacial score (nSPS) is 14.1. The number of phenolic OH excluding ortho intramolecular Hbond substituents is 1. The summed E-state index contributed by atoms with van der Waals surface area (Å²) < 4.78 is 0. The highest BCUT2D eigenvalue weighted by atomic mass is 16.3. The lowest BCUT2D eigenvalue weighted by molar-refractivity contribution is -0.121. The van der Waals surface area contributed by atoms with Crippen molar-refractivity contribution in [3.8, 4) is 5.75 Å². The fourth-order valence-electron chi connectivity index (χ4n) is 1.84. The van der Waals surface area contributed by atoms with E-state index in [2.05, 4.69) is 19.2 Å². The molecule has 1 aromatic rings. The number of carbonyl (C=O) groups is 1. The van der Waals surface area contributed by atoms with Crippen LogP contribution >= 0.6 is 0 Å². The molecule has 0 heterocycles. The molecule has 1 aromatic carbocycles. The van der Waals surface area contributed by atoms with Crippen molar-refractivity contribution < 1.29 is 15.0 Å². The smallest absolute Gasteiger partial charge is 0.224 e. The van der Waals surface area contributed by atoms with Gasteiger partial charge in [0.1, 0.15) is 5.75 Å². The lowest BCUT2D eigenvalue weighted by Gasteiger charge is -2.24. The Balaban J connectivity index is 2.37. The number of carbonyl (C=O) groups excluding carboxylic acids is 1. The molecule has 0 aliphatic heterocycles. The molecule has 1 amide bonds. The first-order chi connectivity index (χ1) is 9.28. The second-order valence-corrected chi connectivity index (χ2v) is 6.05. The third kappa shape index (κ3) is 6.57. The van der Waals surface area contributed by atoms with Crippen LogP contribution < -0.4 is 5.32 Å². The number of phenols is 1. The Morgan fingerprint density at radius 1 is 1.30 bits per heavy atom. The van der Waals surface area contributed by atoms with Gasteiger partial charge in [-0.15, -0.1) is 0 Å². The van der Waals surface area contributed by atoms with Crippen LogP contribution in [0.2, 0.25) is 0 Å². The van der Waals surface area contributed by atoms with Gasteiger partial charge in [0.2, 0.25) is 5.91 Å². The molecule has 0 saturated carbocycles. The SMILES string of the molecule is CC(C)CCC(C)(O)CNC(=O)Cc1ccc(O)cc1. The maximum atomic E-state index is 11.8. The number of hydrogen-bond donors (Lipinski definition) is 3. The van der Waals surface area contributed by atoms with Crippen molar-refractivity contribution in [1.82, 2.24) is 5.32 Å². The zero-order chi connectivity index (χ0) is 15.2. The van der Waals surface area contributed by atoms with Crippen molar-refractivity contribution >= 4 is 5.91 Å². The number of nitrogens with one attached hydrogen (secondary N) is 1. The van der Waals surface area contributed by atoms with Gasteiger partial charge in [-0.25, -0.2) is 0 Å². The molecule has 0 fully saturated rings. The topological polar surface area (TPSA) is 69.6 Å². The number of aliphatic hydroxyl groups is 1. The van der Waals surface area contributed by atoms with E-state index in [1.165, 1.54) is 0 Å². The quantitative estimate of drug-likeness (QED) is 0.717. The zero-order valence-corrected chi connectivity index (χ0v) is 12.5. The van der Waals surface area contributed by atoms with Gasteiger partial charge >= 0.3 is 0 Å². The largest absolute Gasteiger partial charge is 0.508 e. The second-order valence-electron chi connectivity index (χ2n) is 6.05. The van der Waals surface area contributed by atoms with E-state index in [-0.39, 0.29) is 24.6 Å². The van der Waals surface area contributed by atoms with E-state index >= 15 is 0 Å². The average molecular weight is 279 g/mol. The van der Waals surface area contributed by atoms with E-state index in [1.807, 2.05) is 0 Å². The molecule has 1 atom stereocenters. The second kappa shape index (κ2) is 7.29. The van der Waals surface area contributed by atoms with Crippen LogP contribution in [-0.4, -0.2) is 28.3 Å². The molecule has 0 bridgehead atoms. The molecule has 20 heavy (non-hydrogen) atoms. The molecule has 0 radical (unpaired) electrons. The maximum Gasteiger partial charge on any atom is 0.224 e. The minimum atomic E-state index is -0.866. The molecule has 0 aliphatic carbocycles. The summed E-state index contributed by atoms with van der Waals surface area (Å²) in [6.45, 7) is 6.23. The van der Waals surface area contributed by atoms with Crippen LogP contribution in [0, 0.1) is 5.92 Å². The molecular formula is C16H25NO3. The third-order valence-corrected chi connectivity index (χ3v) is 3.23. The Bertz CT molecular complexity index is 424. The first-order valence-corrected chi connectivity index (χ1v) is 7.05. The first kappa shape index (κ1) is 16.5. The summed E-state index contributed by atoms with van der Waals surface area (Å²) in [7, 11) is 0. The maximum absolute atomic E-state index is 11.8. The van der Waals surface area contributed by atoms with Crippen molar-refractivity contribution in [3.63, 3.8) is 0 Å². The molecule has 112 valence electrons. The predicted octanol–water partition coefficient (Wildman–Crippen LogP) is 2.24. The number of hydrogen-bond acceptors (Lipinski definition) is 3. The van der Waals surface area contributed by atoms with Crippen molar-refractivity contribution in [2.45, 2.75) is 45.6 Å². The van der Waals surface area contributed by atoms with Crippen LogP contribution in [0.1, 0.15) is 39.2 Å². The van der Waals surface area contributed by atoms with Crippen molar-refractivity contribution in [2.75, 3.05) is 6.54 Å². The van der Waals surface area contributed by atoms with Gasteiger partial charge in [0.05, 0.1) is 12.0 Å². The van der Waals surface area contributed by atoms with Gasteiger partial charge in [-0.1, -0.05) is 26.0 Å². The van der Waals surface area contributed by atoms with E-state index in [9.17, 15) is 15.0 Å². The van der Waals surface area contributed by atoms with Gasteiger partial charge in [-0.05, 0) is 43.4 Å². The van der Waals surface area contributed by atoms with Crippen LogP contribution in [0.15, 0.2) is 24.3 Å². The fraction of sp³-hybridized carbons (Fsp3) is 0.562. The number of benzene rings is 1. The fourth-order valence-corrected chi connectivity index (χ4v) is 1.84. The van der Waals surface area contributed by atoms with Crippen molar-refractivity contribution in [2.24, 2.45) is 5.92 Å². The summed E-state index contributed by atoms with van der Waals surface area (Å²) in [5.41, 5.74) is -0.0309. The Morgan fingerprint density at radius 2 is 1.90 bits per heavy atom. The molecule has 0 spiro atoms. The molecule has 0 aromatic heterocycles. The van der Waals surface area contributed by atoms with E-state index in [4.69, 9.17) is 0 Å². The van der Waals surface area contributed by atoms with Gasteiger partial charge in [0.25, 0.3) is 0 Å². The van der Waals surface area contributed by atoms with Crippen LogP contribution in [-0.2, 0) is 11.2 Å². The van der Waals surface area contributed by atoms with E-state index in [1.54, 1.807) is 31.2 Å². The number of aromatic hydroxyl groups is 1. The standard InChI is InChI=1S/C16H25NO3/c1-12(2)8-9-16(3,20)11-17-15(19)10-13-4-6-14(18)7-5-13/h4-7,12,18,20H,8-11H2,1-3H3,(H,17,19). The Morgan fingerprint density at radius 3 is 2.45 bits per heavy atom. The highest BCUT2D eigenvalue weighted by molar-refractivity contribution is 5.78. The minimum Gasteiger partial charge on any atom is -0.508 e. The van der Waals surface area contributed by atoms with E-state index in [0.717, 1.165) is 12.0 Å². The van der Waals surface area contributed by atoms with Gasteiger partial charge in [0.15, 0.2) is 0 Å². The molecule has 3 N–H and O–H groups in total. The summed E-state index contributed by atoms with van der Waals surface area (Å²) in [6, 6.07) is 6.54. The monoisotopic (exact) mass is 279 g/mol. The Kier molecular flexibility index (Phi) is 6.02. The number of amides is 1. The van der Waals surface area contributed by atoms with E-state index < -0.39 is 5.60 Å². The molecule has 0 saturated heterocycles. The van der Waals surface area contributed by atoms with Crippen LogP contribution in [0.5, 0.6) is 5.75 Å². The minimum absolute atomic E-state index is 0.125. The number of rotatable bonds is 7. The summed E-state index contributed by atoms with van der Waals surface area (Å²) in [5, 5.41) is 22.1. The molecule has 1 unspecified atom stereocenters. The molecule has 4 heteroatoms. The van der Waals surface area contributed by atoms with Gasteiger partial charge in [-0.3, -0.25) is 4.79 Å². The predicted molar refractivity (Wildman–Crippen MR) is 79.5 cm³/mol. The molecule has 0 aliphatic rings. The van der Waals surface area contributed by atoms with Crippen LogP contribution in [0.3, 0.4) is 0 Å². The van der Waals surface area contributed by atoms with Gasteiger partial charge in [-0.2, -0.15) is 0 Å². The Labute approximate surface area is 120 Å². The highest BCUT2D eigenvalue weighted by Gasteiger charge is 2.21. The first-order valence-electron chi connectivity index (χ1n) is 7.05. The molecule has 1 rings (SSSR count). The summed E-state index contributed by atoms with van der Waals surface area (Å²) >= 11 is 0. The van der Waals surface area contributed by atoms with E-state index in [0.29, 0.717) is 12.3 Å². The Hall–Kier alpha value is -1.55. The van der Waals surface area contributed by atoms with Crippen molar-refractivity contribution in [1.29, 1.82) is 0 Å².